The number of nitrogens with zero attached hydrogens (tertiary/aromatic N) is 1. The molecule has 0 spiro atoms. The van der Waals surface area contributed by atoms with E-state index in [1.807, 2.05) is 6.92 Å². The molecule has 0 radical (unpaired) electrons. The number of rotatable bonds is 4. The van der Waals surface area contributed by atoms with Crippen LogP contribution in [0.5, 0.6) is 0 Å². The highest BCUT2D eigenvalue weighted by molar-refractivity contribution is 6.01. The van der Waals surface area contributed by atoms with Gasteiger partial charge in [-0.05, 0) is 18.8 Å². The van der Waals surface area contributed by atoms with Gasteiger partial charge in [0.05, 0.1) is 12.6 Å². The SMILES string of the molecule is CCC1NCC(=O)N(CCC(C)C)C1=O. The number of amides is 2. The Morgan fingerprint density at radius 3 is 2.67 bits per heavy atom. The molecule has 1 aliphatic rings. The Morgan fingerprint density at radius 2 is 2.13 bits per heavy atom. The minimum absolute atomic E-state index is 0.0607. The molecule has 1 unspecified atom stereocenters. The second-order valence-corrected chi connectivity index (χ2v) is 4.41. The van der Waals surface area contributed by atoms with Gasteiger partial charge in [-0.25, -0.2) is 0 Å². The van der Waals surface area contributed by atoms with Crippen LogP contribution in [0.1, 0.15) is 33.6 Å². The van der Waals surface area contributed by atoms with Crippen LogP contribution >= 0.6 is 0 Å². The highest BCUT2D eigenvalue weighted by atomic mass is 16.2. The summed E-state index contributed by atoms with van der Waals surface area (Å²) < 4.78 is 0. The molecule has 1 fully saturated rings. The minimum Gasteiger partial charge on any atom is -0.297 e. The number of hydrogen-bond donors (Lipinski definition) is 1. The molecule has 1 rings (SSSR count). The summed E-state index contributed by atoms with van der Waals surface area (Å²) in [6.07, 6.45) is 1.62. The third-order valence-electron chi connectivity index (χ3n) is 2.70. The van der Waals surface area contributed by atoms with Gasteiger partial charge in [-0.3, -0.25) is 19.8 Å². The molecule has 0 aromatic carbocycles. The summed E-state index contributed by atoms with van der Waals surface area (Å²) in [5.41, 5.74) is 0. The van der Waals surface area contributed by atoms with Crippen molar-refractivity contribution in [1.29, 1.82) is 0 Å². The number of carbonyl (C=O) groups is 2. The van der Waals surface area contributed by atoms with E-state index in [1.165, 1.54) is 4.90 Å². The van der Waals surface area contributed by atoms with Crippen LogP contribution in [-0.4, -0.2) is 35.8 Å². The third kappa shape index (κ3) is 3.02. The van der Waals surface area contributed by atoms with Crippen LogP contribution in [0.25, 0.3) is 0 Å². The Bertz CT molecular complexity index is 251. The predicted molar refractivity (Wildman–Crippen MR) is 58.3 cm³/mol. The van der Waals surface area contributed by atoms with Crippen LogP contribution in [0.3, 0.4) is 0 Å². The molecule has 15 heavy (non-hydrogen) atoms. The van der Waals surface area contributed by atoms with E-state index in [0.29, 0.717) is 19.0 Å². The molecule has 1 atom stereocenters. The lowest BCUT2D eigenvalue weighted by Gasteiger charge is -2.31. The molecule has 0 aromatic rings. The Labute approximate surface area is 91.0 Å². The van der Waals surface area contributed by atoms with Crippen LogP contribution < -0.4 is 5.32 Å². The van der Waals surface area contributed by atoms with E-state index in [-0.39, 0.29) is 17.9 Å². The second-order valence-electron chi connectivity index (χ2n) is 4.41. The van der Waals surface area contributed by atoms with E-state index in [0.717, 1.165) is 12.8 Å². The number of hydrogen-bond acceptors (Lipinski definition) is 3. The first-order valence-corrected chi connectivity index (χ1v) is 5.63. The zero-order valence-electron chi connectivity index (χ0n) is 9.75. The number of carbonyl (C=O) groups excluding carboxylic acids is 2. The first-order valence-electron chi connectivity index (χ1n) is 5.63. The fourth-order valence-corrected chi connectivity index (χ4v) is 1.65. The Morgan fingerprint density at radius 1 is 1.47 bits per heavy atom. The lowest BCUT2D eigenvalue weighted by Crippen LogP contribution is -2.58. The van der Waals surface area contributed by atoms with Crippen LogP contribution in [-0.2, 0) is 9.59 Å². The fraction of sp³-hybridized carbons (Fsp3) is 0.818. The Hall–Kier alpha value is -0.900. The highest BCUT2D eigenvalue weighted by Crippen LogP contribution is 2.09. The zero-order valence-corrected chi connectivity index (χ0v) is 9.75. The molecule has 1 aliphatic heterocycles. The summed E-state index contributed by atoms with van der Waals surface area (Å²) >= 11 is 0. The molecule has 0 aromatic heterocycles. The van der Waals surface area contributed by atoms with Crippen molar-refractivity contribution in [1.82, 2.24) is 10.2 Å². The molecule has 0 saturated carbocycles. The van der Waals surface area contributed by atoms with Gasteiger partial charge in [0.15, 0.2) is 0 Å². The number of piperazine rings is 1. The van der Waals surface area contributed by atoms with Gasteiger partial charge in [-0.2, -0.15) is 0 Å². The molecule has 4 heteroatoms. The van der Waals surface area contributed by atoms with Crippen LogP contribution in [0, 0.1) is 5.92 Å². The molecular weight excluding hydrogens is 192 g/mol. The smallest absolute Gasteiger partial charge is 0.246 e. The molecule has 86 valence electrons. The Kier molecular flexibility index (Phi) is 4.27. The number of imide groups is 1. The largest absolute Gasteiger partial charge is 0.297 e. The molecule has 0 aliphatic carbocycles. The quantitative estimate of drug-likeness (QED) is 0.700. The average molecular weight is 212 g/mol. The van der Waals surface area contributed by atoms with Gasteiger partial charge in [0.2, 0.25) is 11.8 Å². The lowest BCUT2D eigenvalue weighted by atomic mass is 10.1. The molecule has 1 heterocycles. The van der Waals surface area contributed by atoms with Gasteiger partial charge in [0.25, 0.3) is 0 Å². The fourth-order valence-electron chi connectivity index (χ4n) is 1.65. The maximum atomic E-state index is 11.8. The van der Waals surface area contributed by atoms with Crippen LogP contribution in [0.15, 0.2) is 0 Å². The molecule has 0 bridgehead atoms. The van der Waals surface area contributed by atoms with Crippen LogP contribution in [0.2, 0.25) is 0 Å². The van der Waals surface area contributed by atoms with Gasteiger partial charge in [0.1, 0.15) is 0 Å². The van der Waals surface area contributed by atoms with Crippen molar-refractivity contribution in [2.75, 3.05) is 13.1 Å². The summed E-state index contributed by atoms with van der Waals surface area (Å²) in [5, 5.41) is 2.95. The second kappa shape index (κ2) is 5.26. The van der Waals surface area contributed by atoms with Gasteiger partial charge >= 0.3 is 0 Å². The van der Waals surface area contributed by atoms with E-state index in [4.69, 9.17) is 0 Å². The first kappa shape index (κ1) is 12.2. The van der Waals surface area contributed by atoms with Gasteiger partial charge < -0.3 is 0 Å². The third-order valence-corrected chi connectivity index (χ3v) is 2.70. The van der Waals surface area contributed by atoms with Crippen molar-refractivity contribution in [2.24, 2.45) is 5.92 Å². The molecule has 4 nitrogen and oxygen atoms in total. The van der Waals surface area contributed by atoms with Crippen molar-refractivity contribution in [3.05, 3.63) is 0 Å². The Balaban J connectivity index is 2.58. The van der Waals surface area contributed by atoms with Crippen molar-refractivity contribution in [2.45, 2.75) is 39.7 Å². The van der Waals surface area contributed by atoms with Crippen molar-refractivity contribution in [3.63, 3.8) is 0 Å². The molecule has 1 N–H and O–H groups in total. The summed E-state index contributed by atoms with van der Waals surface area (Å²) in [5.74, 6) is 0.361. The summed E-state index contributed by atoms with van der Waals surface area (Å²) in [4.78, 5) is 24.8. The van der Waals surface area contributed by atoms with E-state index in [2.05, 4.69) is 19.2 Å². The van der Waals surface area contributed by atoms with E-state index in [1.54, 1.807) is 0 Å². The van der Waals surface area contributed by atoms with Gasteiger partial charge in [-0.15, -0.1) is 0 Å². The van der Waals surface area contributed by atoms with E-state index < -0.39 is 0 Å². The van der Waals surface area contributed by atoms with Crippen LogP contribution in [0.4, 0.5) is 0 Å². The van der Waals surface area contributed by atoms with E-state index >= 15 is 0 Å². The summed E-state index contributed by atoms with van der Waals surface area (Å²) in [7, 11) is 0. The van der Waals surface area contributed by atoms with Crippen molar-refractivity contribution in [3.8, 4) is 0 Å². The molecule has 2 amide bonds. The summed E-state index contributed by atoms with van der Waals surface area (Å²) in [6, 6.07) is -0.171. The van der Waals surface area contributed by atoms with E-state index in [9.17, 15) is 9.59 Å². The molecule has 1 saturated heterocycles. The maximum Gasteiger partial charge on any atom is 0.246 e. The van der Waals surface area contributed by atoms with Crippen molar-refractivity contribution < 1.29 is 9.59 Å². The highest BCUT2D eigenvalue weighted by Gasteiger charge is 2.32. The first-order chi connectivity index (χ1) is 7.06. The average Bonchev–Trinajstić information content (AvgIpc) is 2.17. The minimum atomic E-state index is -0.171. The van der Waals surface area contributed by atoms with Gasteiger partial charge in [-0.1, -0.05) is 20.8 Å². The topological polar surface area (TPSA) is 49.4 Å². The van der Waals surface area contributed by atoms with Crippen molar-refractivity contribution >= 4 is 11.8 Å². The monoisotopic (exact) mass is 212 g/mol. The summed E-state index contributed by atoms with van der Waals surface area (Å²) in [6.45, 7) is 6.99. The predicted octanol–water partition coefficient (Wildman–Crippen LogP) is 0.769. The zero-order chi connectivity index (χ0) is 11.4. The van der Waals surface area contributed by atoms with Gasteiger partial charge in [0, 0.05) is 6.54 Å². The normalized spacial score (nSPS) is 22.7. The maximum absolute atomic E-state index is 11.8. The standard InChI is InChI=1S/C11H20N2O2/c1-4-9-11(15)13(6-5-8(2)3)10(14)7-12-9/h8-9,12H,4-7H2,1-3H3. The molecular formula is C11H20N2O2. The number of nitrogens with one attached hydrogen (secondary N) is 1. The lowest BCUT2D eigenvalue weighted by molar-refractivity contribution is -0.149.